The van der Waals surface area contributed by atoms with Crippen LogP contribution in [0, 0.1) is 5.82 Å². The molecule has 0 aromatic heterocycles. The van der Waals surface area contributed by atoms with Crippen LogP contribution in [0.25, 0.3) is 0 Å². The lowest BCUT2D eigenvalue weighted by Gasteiger charge is -2.12. The molecule has 1 aliphatic rings. The van der Waals surface area contributed by atoms with E-state index in [0.29, 0.717) is 22.1 Å². The van der Waals surface area contributed by atoms with Crippen molar-refractivity contribution >= 4 is 23.4 Å². The minimum absolute atomic E-state index is 0.187. The summed E-state index contributed by atoms with van der Waals surface area (Å²) in [5, 5.41) is 2.36. The summed E-state index contributed by atoms with van der Waals surface area (Å²) in [5.74, 6) is 0.737. The smallest absolute Gasteiger partial charge is 0.237 e. The summed E-state index contributed by atoms with van der Waals surface area (Å²) >= 11 is 1.18. The van der Waals surface area contributed by atoms with Gasteiger partial charge in [-0.2, -0.15) is 0 Å². The normalized spacial score (nSPS) is 13.7. The lowest BCUT2D eigenvalue weighted by atomic mass is 10.2. The van der Waals surface area contributed by atoms with Gasteiger partial charge in [0.25, 0.3) is 0 Å². The number of anilines is 1. The number of hydrogen-bond acceptors (Lipinski definition) is 4. The number of rotatable bonds is 4. The van der Waals surface area contributed by atoms with Crippen LogP contribution in [0.15, 0.2) is 47.4 Å². The van der Waals surface area contributed by atoms with E-state index in [1.54, 1.807) is 43.3 Å². The Morgan fingerprint density at radius 2 is 2.00 bits per heavy atom. The zero-order valence-electron chi connectivity index (χ0n) is 11.8. The Morgan fingerprint density at radius 1 is 1.23 bits per heavy atom. The van der Waals surface area contributed by atoms with Crippen molar-refractivity contribution in [2.45, 2.75) is 17.1 Å². The van der Waals surface area contributed by atoms with Crippen molar-refractivity contribution in [2.75, 3.05) is 12.1 Å². The molecule has 2 aromatic carbocycles. The van der Waals surface area contributed by atoms with E-state index in [-0.39, 0.29) is 18.5 Å². The first kappa shape index (κ1) is 14.7. The highest BCUT2D eigenvalue weighted by molar-refractivity contribution is 8.00. The summed E-state index contributed by atoms with van der Waals surface area (Å²) in [6.07, 6.45) is 0. The van der Waals surface area contributed by atoms with Gasteiger partial charge in [-0.15, -0.1) is 11.8 Å². The monoisotopic (exact) mass is 319 g/mol. The van der Waals surface area contributed by atoms with Gasteiger partial charge in [-0.25, -0.2) is 4.39 Å². The van der Waals surface area contributed by atoms with Crippen LogP contribution in [0.4, 0.5) is 10.1 Å². The van der Waals surface area contributed by atoms with Gasteiger partial charge < -0.3 is 14.8 Å². The SMILES string of the molecule is C[C@H](Sc1ccccc1F)C(=O)Nc1ccc2c(c1)OCO2. The molecule has 0 fully saturated rings. The standard InChI is InChI=1S/C16H14FNO3S/c1-10(22-15-5-3-2-4-12(15)17)16(19)18-11-6-7-13-14(8-11)21-9-20-13/h2-8,10H,9H2,1H3,(H,18,19)/t10-/m0/s1. The molecule has 114 valence electrons. The average Bonchev–Trinajstić information content (AvgIpc) is 2.97. The Balaban J connectivity index is 1.65. The number of amides is 1. The zero-order valence-corrected chi connectivity index (χ0v) is 12.7. The highest BCUT2D eigenvalue weighted by atomic mass is 32.2. The second kappa shape index (κ2) is 6.27. The molecule has 0 unspecified atom stereocenters. The Hall–Kier alpha value is -2.21. The summed E-state index contributed by atoms with van der Waals surface area (Å²) in [5.41, 5.74) is 0.621. The molecule has 2 aromatic rings. The lowest BCUT2D eigenvalue weighted by molar-refractivity contribution is -0.115. The summed E-state index contributed by atoms with van der Waals surface area (Å²) in [4.78, 5) is 12.7. The molecule has 1 amide bonds. The Labute approximate surface area is 131 Å². The summed E-state index contributed by atoms with van der Waals surface area (Å²) in [6, 6.07) is 11.6. The van der Waals surface area contributed by atoms with Gasteiger partial charge in [0, 0.05) is 16.6 Å². The van der Waals surface area contributed by atoms with Gasteiger partial charge >= 0.3 is 0 Å². The molecule has 0 saturated carbocycles. The molecule has 1 aliphatic heterocycles. The molecular weight excluding hydrogens is 305 g/mol. The maximum atomic E-state index is 13.6. The number of fused-ring (bicyclic) bond motifs is 1. The molecule has 0 radical (unpaired) electrons. The Bertz CT molecular complexity index is 708. The van der Waals surface area contributed by atoms with Crippen molar-refractivity contribution in [2.24, 2.45) is 0 Å². The van der Waals surface area contributed by atoms with Crippen LogP contribution in [0.1, 0.15) is 6.92 Å². The van der Waals surface area contributed by atoms with E-state index < -0.39 is 5.25 Å². The number of benzene rings is 2. The van der Waals surface area contributed by atoms with Gasteiger partial charge in [0.2, 0.25) is 12.7 Å². The topological polar surface area (TPSA) is 47.6 Å². The molecule has 4 nitrogen and oxygen atoms in total. The summed E-state index contributed by atoms with van der Waals surface area (Å²) < 4.78 is 24.1. The van der Waals surface area contributed by atoms with Crippen LogP contribution in [-0.4, -0.2) is 18.0 Å². The van der Waals surface area contributed by atoms with Crippen molar-refractivity contribution in [1.82, 2.24) is 0 Å². The third kappa shape index (κ3) is 3.17. The zero-order chi connectivity index (χ0) is 15.5. The van der Waals surface area contributed by atoms with E-state index in [4.69, 9.17) is 9.47 Å². The predicted molar refractivity (Wildman–Crippen MR) is 82.9 cm³/mol. The number of thioether (sulfide) groups is 1. The van der Waals surface area contributed by atoms with E-state index >= 15 is 0 Å². The molecule has 0 aliphatic carbocycles. The van der Waals surface area contributed by atoms with Crippen LogP contribution in [0.2, 0.25) is 0 Å². The fourth-order valence-electron chi connectivity index (χ4n) is 2.00. The van der Waals surface area contributed by atoms with Crippen molar-refractivity contribution in [3.63, 3.8) is 0 Å². The van der Waals surface area contributed by atoms with Crippen LogP contribution >= 0.6 is 11.8 Å². The number of hydrogen-bond donors (Lipinski definition) is 1. The molecule has 1 atom stereocenters. The van der Waals surface area contributed by atoms with Gasteiger partial charge in [-0.1, -0.05) is 12.1 Å². The molecular formula is C16H14FNO3S. The highest BCUT2D eigenvalue weighted by Gasteiger charge is 2.18. The molecule has 0 bridgehead atoms. The Kier molecular flexibility index (Phi) is 4.20. The average molecular weight is 319 g/mol. The second-order valence-corrected chi connectivity index (χ2v) is 6.13. The summed E-state index contributed by atoms with van der Waals surface area (Å²) in [6.45, 7) is 1.92. The molecule has 1 N–H and O–H groups in total. The van der Waals surface area contributed by atoms with Gasteiger partial charge in [-0.3, -0.25) is 4.79 Å². The fraction of sp³-hybridized carbons (Fsp3) is 0.188. The maximum Gasteiger partial charge on any atom is 0.237 e. The van der Waals surface area contributed by atoms with Crippen LogP contribution in [0.5, 0.6) is 11.5 Å². The molecule has 3 rings (SSSR count). The Morgan fingerprint density at radius 3 is 2.82 bits per heavy atom. The third-order valence-corrected chi connectivity index (χ3v) is 4.30. The maximum absolute atomic E-state index is 13.6. The highest BCUT2D eigenvalue weighted by Crippen LogP contribution is 2.34. The number of nitrogens with one attached hydrogen (secondary N) is 1. The van der Waals surface area contributed by atoms with Crippen LogP contribution < -0.4 is 14.8 Å². The van der Waals surface area contributed by atoms with Crippen LogP contribution in [-0.2, 0) is 4.79 Å². The van der Waals surface area contributed by atoms with Gasteiger partial charge in [0.1, 0.15) is 5.82 Å². The van der Waals surface area contributed by atoms with E-state index in [2.05, 4.69) is 5.32 Å². The minimum atomic E-state index is -0.428. The second-order valence-electron chi connectivity index (χ2n) is 4.75. The van der Waals surface area contributed by atoms with E-state index in [1.165, 1.54) is 17.8 Å². The third-order valence-electron chi connectivity index (χ3n) is 3.15. The van der Waals surface area contributed by atoms with Crippen molar-refractivity contribution in [3.05, 3.63) is 48.3 Å². The van der Waals surface area contributed by atoms with E-state index in [0.717, 1.165) is 0 Å². The lowest BCUT2D eigenvalue weighted by Crippen LogP contribution is -2.22. The van der Waals surface area contributed by atoms with Gasteiger partial charge in [0.05, 0.1) is 5.25 Å². The molecule has 6 heteroatoms. The summed E-state index contributed by atoms with van der Waals surface area (Å²) in [7, 11) is 0. The van der Waals surface area contributed by atoms with Crippen molar-refractivity contribution in [1.29, 1.82) is 0 Å². The number of carbonyl (C=O) groups excluding carboxylic acids is 1. The van der Waals surface area contributed by atoms with Gasteiger partial charge in [0.15, 0.2) is 11.5 Å². The first-order chi connectivity index (χ1) is 10.6. The fourth-order valence-corrected chi connectivity index (χ4v) is 2.89. The molecule has 0 spiro atoms. The number of halogens is 1. The molecule has 0 saturated heterocycles. The number of carbonyl (C=O) groups is 1. The molecule has 1 heterocycles. The van der Waals surface area contributed by atoms with E-state index in [1.807, 2.05) is 0 Å². The quantitative estimate of drug-likeness (QED) is 0.874. The largest absolute Gasteiger partial charge is 0.454 e. The van der Waals surface area contributed by atoms with Crippen molar-refractivity contribution in [3.8, 4) is 11.5 Å². The first-order valence-corrected chi connectivity index (χ1v) is 7.63. The van der Waals surface area contributed by atoms with Crippen LogP contribution in [0.3, 0.4) is 0 Å². The molecule has 22 heavy (non-hydrogen) atoms. The van der Waals surface area contributed by atoms with E-state index in [9.17, 15) is 9.18 Å². The first-order valence-electron chi connectivity index (χ1n) is 6.75. The van der Waals surface area contributed by atoms with Gasteiger partial charge in [-0.05, 0) is 31.2 Å². The predicted octanol–water partition coefficient (Wildman–Crippen LogP) is 3.67. The van der Waals surface area contributed by atoms with Crippen molar-refractivity contribution < 1.29 is 18.7 Å². The minimum Gasteiger partial charge on any atom is -0.454 e. The number of ether oxygens (including phenoxy) is 2.